The molecule has 0 saturated heterocycles. The summed E-state index contributed by atoms with van der Waals surface area (Å²) in [7, 11) is 0. The minimum atomic E-state index is -2.80. The molecule has 0 bridgehead atoms. The van der Waals surface area contributed by atoms with Gasteiger partial charge in [-0.05, 0) is 101 Å². The number of ether oxygens (including phenoxy) is 1. The van der Waals surface area contributed by atoms with Crippen LogP contribution in [0.1, 0.15) is 48.3 Å². The lowest BCUT2D eigenvalue weighted by Gasteiger charge is -2.28. The summed E-state index contributed by atoms with van der Waals surface area (Å²) in [5.41, 5.74) is 4.59. The van der Waals surface area contributed by atoms with Gasteiger partial charge in [-0.25, -0.2) is 4.98 Å². The second kappa shape index (κ2) is 14.1. The van der Waals surface area contributed by atoms with Crippen molar-refractivity contribution >= 4 is 44.6 Å². The first kappa shape index (κ1) is 24.5. The van der Waals surface area contributed by atoms with Gasteiger partial charge in [-0.2, -0.15) is 0 Å². The molecule has 0 amide bonds. The number of aromatic nitrogens is 2. The summed E-state index contributed by atoms with van der Waals surface area (Å²) in [4.78, 5) is 8.38. The van der Waals surface area contributed by atoms with Crippen molar-refractivity contribution in [2.45, 2.75) is 33.0 Å². The van der Waals surface area contributed by atoms with Crippen LogP contribution in [0.4, 0.5) is 22.7 Å². The molecule has 0 atom stereocenters. The number of anilines is 4. The Morgan fingerprint density at radius 1 is 0.638 bits per heavy atom. The van der Waals surface area contributed by atoms with Gasteiger partial charge in [0.05, 0.1) is 40.4 Å². The third kappa shape index (κ3) is 6.25. The Morgan fingerprint density at radius 2 is 1.33 bits per heavy atom. The molecule has 1 aliphatic heterocycles. The number of hydrogen-bond acceptors (Lipinski definition) is 4. The van der Waals surface area contributed by atoms with Gasteiger partial charge in [0.1, 0.15) is 24.0 Å². The van der Waals surface area contributed by atoms with Crippen molar-refractivity contribution in [1.29, 1.82) is 0 Å². The molecule has 282 valence electrons. The molecule has 5 heteroatoms. The second-order valence-electron chi connectivity index (χ2n) is 15.2. The van der Waals surface area contributed by atoms with Crippen LogP contribution in [0.5, 0.6) is 11.5 Å². The van der Waals surface area contributed by atoms with Crippen molar-refractivity contribution in [3.05, 3.63) is 193 Å². The van der Waals surface area contributed by atoms with Crippen LogP contribution in [-0.4, -0.2) is 16.2 Å². The van der Waals surface area contributed by atoms with E-state index >= 15 is 0 Å². The largest absolute Gasteiger partial charge is 0.457 e. The van der Waals surface area contributed by atoms with E-state index < -0.39 is 18.9 Å². The molecule has 0 N–H and O–H groups in total. The van der Waals surface area contributed by atoms with Gasteiger partial charge in [-0.1, -0.05) is 118 Å². The van der Waals surface area contributed by atoms with Gasteiger partial charge >= 0.3 is 0 Å². The fourth-order valence-electron chi connectivity index (χ4n) is 7.72. The van der Waals surface area contributed by atoms with Gasteiger partial charge in [-0.3, -0.25) is 4.57 Å². The average molecular weight is 765 g/mol. The highest BCUT2D eigenvalue weighted by Crippen LogP contribution is 2.50. The SMILES string of the molecule is [2H]c1c(Oc2ccc3c4c([2H])c([2H])c([2H])c([2H])c4n(-c4cc(C(C)(C)C)ccn4)c3c2)cc(N2CN(c3c(-c4ccccc4)c([2H])c(C([2H])([2H])[2H])c([2H])c3-c3ccccc3)c3ccccc32)c([2H])c1[2H]. The predicted molar refractivity (Wildman–Crippen MR) is 241 cm³/mol. The number of hydrogen-bond donors (Lipinski definition) is 0. The lowest BCUT2D eigenvalue weighted by Crippen LogP contribution is -2.25. The van der Waals surface area contributed by atoms with Crippen LogP contribution in [-0.2, 0) is 5.41 Å². The highest BCUT2D eigenvalue weighted by Gasteiger charge is 2.31. The molecule has 0 spiro atoms. The fraction of sp³-hybridized carbons (Fsp3) is 0.113. The molecule has 0 aliphatic carbocycles. The van der Waals surface area contributed by atoms with E-state index in [0.29, 0.717) is 61.4 Å². The fourth-order valence-corrected chi connectivity index (χ4v) is 7.72. The normalized spacial score (nSPS) is 15.8. The number of pyridine rings is 1. The van der Waals surface area contributed by atoms with Crippen molar-refractivity contribution in [3.63, 3.8) is 0 Å². The maximum absolute atomic E-state index is 9.53. The first-order chi connectivity index (χ1) is 33.3. The summed E-state index contributed by atoms with van der Waals surface area (Å²) < 4.78 is 115. The lowest BCUT2D eigenvalue weighted by molar-refractivity contribution is 0.483. The van der Waals surface area contributed by atoms with Gasteiger partial charge in [0.25, 0.3) is 0 Å². The Balaban J connectivity index is 1.14. The molecular weight excluding hydrogens is 709 g/mol. The Hall–Kier alpha value is -7.11. The van der Waals surface area contributed by atoms with Crippen molar-refractivity contribution in [2.24, 2.45) is 0 Å². The van der Waals surface area contributed by atoms with Gasteiger partial charge in [0.15, 0.2) is 0 Å². The van der Waals surface area contributed by atoms with Crippen LogP contribution in [0.25, 0.3) is 49.9 Å². The van der Waals surface area contributed by atoms with Crippen molar-refractivity contribution in [1.82, 2.24) is 9.55 Å². The molecule has 0 fully saturated rings. The topological polar surface area (TPSA) is 33.5 Å². The summed E-state index contributed by atoms with van der Waals surface area (Å²) in [6, 6.07) is 32.9. The zero-order chi connectivity index (χ0) is 49.7. The molecule has 2 aromatic heterocycles. The van der Waals surface area contributed by atoms with Crippen LogP contribution in [0.15, 0.2) is 182 Å². The third-order valence-electron chi connectivity index (χ3n) is 10.5. The van der Waals surface area contributed by atoms with E-state index in [1.165, 1.54) is 6.07 Å². The van der Waals surface area contributed by atoms with Crippen LogP contribution in [0.3, 0.4) is 0 Å². The van der Waals surface area contributed by atoms with Crippen LogP contribution in [0, 0.1) is 6.85 Å². The molecule has 1 aliphatic rings. The summed E-state index contributed by atoms with van der Waals surface area (Å²) in [5.74, 6) is 0.598. The highest BCUT2D eigenvalue weighted by molar-refractivity contribution is 6.09. The van der Waals surface area contributed by atoms with E-state index in [-0.39, 0.29) is 82.6 Å². The van der Waals surface area contributed by atoms with Gasteiger partial charge in [-0.15, -0.1) is 0 Å². The molecule has 5 nitrogen and oxygen atoms in total. The summed E-state index contributed by atoms with van der Waals surface area (Å²) in [5, 5.41) is 0.820. The Labute approximate surface area is 356 Å². The van der Waals surface area contributed by atoms with Crippen LogP contribution in [0.2, 0.25) is 0 Å². The van der Waals surface area contributed by atoms with E-state index in [4.69, 9.17) is 17.1 Å². The molecule has 9 aromatic rings. The molecule has 0 radical (unpaired) electrons. The van der Waals surface area contributed by atoms with Crippen molar-refractivity contribution < 1.29 is 21.2 Å². The molecule has 58 heavy (non-hydrogen) atoms. The average Bonchev–Trinajstić information content (AvgIpc) is 3.89. The Kier molecular flexibility index (Phi) is 5.97. The minimum absolute atomic E-state index is 0.0132. The van der Waals surface area contributed by atoms with E-state index in [1.807, 2.05) is 53.4 Å². The molecule has 10 rings (SSSR count). The lowest BCUT2D eigenvalue weighted by atomic mass is 9.88. The molecule has 0 saturated carbocycles. The smallest absolute Gasteiger partial charge is 0.137 e. The van der Waals surface area contributed by atoms with Crippen LogP contribution < -0.4 is 14.5 Å². The predicted octanol–water partition coefficient (Wildman–Crippen LogP) is 14.2. The Morgan fingerprint density at radius 3 is 2.03 bits per heavy atom. The quantitative estimate of drug-likeness (QED) is 0.162. The maximum atomic E-state index is 9.53. The van der Waals surface area contributed by atoms with E-state index in [9.17, 15) is 4.11 Å². The summed E-state index contributed by atoms with van der Waals surface area (Å²) >= 11 is 0. The maximum Gasteiger partial charge on any atom is 0.137 e. The minimum Gasteiger partial charge on any atom is -0.457 e. The van der Waals surface area contributed by atoms with Crippen molar-refractivity contribution in [3.8, 4) is 39.6 Å². The zero-order valence-electron chi connectivity index (χ0n) is 44.0. The highest BCUT2D eigenvalue weighted by atomic mass is 16.5. The Bertz CT molecular complexity index is 3520. The number of rotatable bonds is 7. The van der Waals surface area contributed by atoms with Crippen molar-refractivity contribution in [2.75, 3.05) is 16.5 Å². The second-order valence-corrected chi connectivity index (χ2v) is 15.2. The van der Waals surface area contributed by atoms with Gasteiger partial charge in [0.2, 0.25) is 0 Å². The molecule has 0 unspecified atom stereocenters. The molecule has 3 heterocycles. The summed E-state index contributed by atoms with van der Waals surface area (Å²) in [6.07, 6.45) is 1.66. The monoisotopic (exact) mass is 764 g/mol. The van der Waals surface area contributed by atoms with E-state index in [0.717, 1.165) is 5.56 Å². The number of benzene rings is 7. The summed E-state index contributed by atoms with van der Waals surface area (Å²) in [6.45, 7) is 3.38. The number of fused-ring (bicyclic) bond motifs is 4. The van der Waals surface area contributed by atoms with E-state index in [1.54, 1.807) is 82.4 Å². The standard InChI is InChI=1S/C53H44N4O/c1-36-30-45(37-16-7-5-8-17-37)52(46(31-36)38-18-9-6-10-19-38)56-35-55(48-24-13-14-25-49(48)56)40-20-15-21-41(33-40)58-42-26-27-44-43-22-11-12-23-47(43)57(50(44)34-42)51-32-39(28-29-54-51)53(2,3)4/h5-34H,35H2,1-4H3/i1D3,11D,12D,15D,20D,21D,22D,23D,30D,31D. The molecule has 7 aromatic carbocycles. The van der Waals surface area contributed by atoms with E-state index in [2.05, 4.69) is 25.8 Å². The molecular formula is C53H44N4O. The van der Waals surface area contributed by atoms with Gasteiger partial charge < -0.3 is 14.5 Å². The number of nitrogens with zero attached hydrogens (tertiary/aromatic N) is 4. The van der Waals surface area contributed by atoms with Crippen LogP contribution >= 0.6 is 0 Å². The van der Waals surface area contributed by atoms with Gasteiger partial charge in [0, 0.05) is 50.0 Å². The third-order valence-corrected chi connectivity index (χ3v) is 10.5. The number of para-hydroxylation sites is 3. The first-order valence-corrected chi connectivity index (χ1v) is 19.0. The zero-order valence-corrected chi connectivity index (χ0v) is 32.0. The first-order valence-electron chi connectivity index (χ1n) is 25.0.